The summed E-state index contributed by atoms with van der Waals surface area (Å²) in [5.74, 6) is 1.76. The van der Waals surface area contributed by atoms with E-state index in [9.17, 15) is 8.42 Å². The number of aryl methyl sites for hydroxylation is 1. The standard InChI is InChI=1S/C24H32N4O3S.ClH/c1-3-19-8-10-21(11-9-19)32(29,30)28-16-12-24(13-17-28)23(25-14-15-27-24)26-18-20-6-4-5-7-22(20)31-2;/h4-11,27H,3,12-18H2,1-2H3,(H,25,26);1H. The molecule has 2 N–H and O–H groups in total. The second-order valence-electron chi connectivity index (χ2n) is 8.31. The van der Waals surface area contributed by atoms with Crippen molar-refractivity contribution in [2.45, 2.75) is 43.2 Å². The highest BCUT2D eigenvalue weighted by Crippen LogP contribution is 2.29. The van der Waals surface area contributed by atoms with Crippen LogP contribution in [0.3, 0.4) is 0 Å². The minimum atomic E-state index is -3.50. The Balaban J connectivity index is 0.00000306. The summed E-state index contributed by atoms with van der Waals surface area (Å²) in [6, 6.07) is 15.2. The van der Waals surface area contributed by atoms with Gasteiger partial charge in [0.05, 0.1) is 24.1 Å². The van der Waals surface area contributed by atoms with Gasteiger partial charge >= 0.3 is 0 Å². The summed E-state index contributed by atoms with van der Waals surface area (Å²) in [5, 5.41) is 7.14. The lowest BCUT2D eigenvalue weighted by molar-refractivity contribution is 0.241. The van der Waals surface area contributed by atoms with Crippen molar-refractivity contribution in [1.29, 1.82) is 0 Å². The average Bonchev–Trinajstić information content (AvgIpc) is 2.84. The van der Waals surface area contributed by atoms with Crippen molar-refractivity contribution in [2.75, 3.05) is 33.3 Å². The summed E-state index contributed by atoms with van der Waals surface area (Å²) in [4.78, 5) is 5.14. The van der Waals surface area contributed by atoms with Crippen molar-refractivity contribution in [1.82, 2.24) is 14.9 Å². The number of para-hydroxylation sites is 1. The second-order valence-corrected chi connectivity index (χ2v) is 10.2. The minimum absolute atomic E-state index is 0. The van der Waals surface area contributed by atoms with Gasteiger partial charge < -0.3 is 15.4 Å². The van der Waals surface area contributed by atoms with Gasteiger partial charge in [-0.1, -0.05) is 37.3 Å². The molecule has 0 aromatic heterocycles. The van der Waals surface area contributed by atoms with Crippen LogP contribution in [0.1, 0.15) is 30.9 Å². The molecule has 0 saturated carbocycles. The first kappa shape index (κ1) is 25.5. The number of halogens is 1. The number of methoxy groups -OCH3 is 1. The highest BCUT2D eigenvalue weighted by atomic mass is 35.5. The molecule has 2 aromatic rings. The van der Waals surface area contributed by atoms with Gasteiger partial charge in [0.2, 0.25) is 10.0 Å². The molecule has 0 bridgehead atoms. The third-order valence-corrected chi connectivity index (χ3v) is 8.40. The predicted octanol–water partition coefficient (Wildman–Crippen LogP) is 2.99. The van der Waals surface area contributed by atoms with Crippen LogP contribution >= 0.6 is 12.4 Å². The zero-order chi connectivity index (χ0) is 22.6. The number of nitrogens with zero attached hydrogens (tertiary/aromatic N) is 2. The first-order valence-corrected chi connectivity index (χ1v) is 12.7. The summed E-state index contributed by atoms with van der Waals surface area (Å²) < 4.78 is 33.4. The highest BCUT2D eigenvalue weighted by molar-refractivity contribution is 7.89. The summed E-state index contributed by atoms with van der Waals surface area (Å²) in [5.41, 5.74) is 1.88. The molecule has 1 saturated heterocycles. The van der Waals surface area contributed by atoms with E-state index in [-0.39, 0.29) is 17.9 Å². The second kappa shape index (κ2) is 10.9. The third-order valence-electron chi connectivity index (χ3n) is 6.48. The molecule has 180 valence electrons. The Bertz CT molecular complexity index is 1070. The number of aliphatic imine (C=N–C) groups is 1. The van der Waals surface area contributed by atoms with Crippen LogP contribution in [0, 0.1) is 0 Å². The van der Waals surface area contributed by atoms with Crippen molar-refractivity contribution in [3.63, 3.8) is 0 Å². The lowest BCUT2D eigenvalue weighted by Gasteiger charge is -2.44. The first-order valence-electron chi connectivity index (χ1n) is 11.2. The zero-order valence-electron chi connectivity index (χ0n) is 19.2. The fourth-order valence-electron chi connectivity index (χ4n) is 4.52. The highest BCUT2D eigenvalue weighted by Gasteiger charge is 2.43. The van der Waals surface area contributed by atoms with E-state index in [2.05, 4.69) is 17.6 Å². The van der Waals surface area contributed by atoms with E-state index in [0.717, 1.165) is 35.7 Å². The number of rotatable bonds is 6. The van der Waals surface area contributed by atoms with Gasteiger partial charge in [-0.2, -0.15) is 4.31 Å². The largest absolute Gasteiger partial charge is 0.496 e. The Hall–Kier alpha value is -2.13. The normalized spacial score (nSPS) is 18.3. The summed E-state index contributed by atoms with van der Waals surface area (Å²) in [6.07, 6.45) is 2.25. The average molecular weight is 493 g/mol. The number of hydrogen-bond donors (Lipinski definition) is 2. The van der Waals surface area contributed by atoms with Gasteiger partial charge in [0, 0.05) is 31.7 Å². The Labute approximate surface area is 203 Å². The lowest BCUT2D eigenvalue weighted by atomic mass is 9.85. The number of hydrogen-bond acceptors (Lipinski definition) is 6. The van der Waals surface area contributed by atoms with Gasteiger partial charge in [0.15, 0.2) is 0 Å². The van der Waals surface area contributed by atoms with Crippen LogP contribution < -0.4 is 15.4 Å². The predicted molar refractivity (Wildman–Crippen MR) is 134 cm³/mol. The van der Waals surface area contributed by atoms with Gasteiger partial charge in [-0.15, -0.1) is 12.4 Å². The van der Waals surface area contributed by atoms with Gasteiger partial charge in [0.1, 0.15) is 11.6 Å². The van der Waals surface area contributed by atoms with Gasteiger partial charge in [0.25, 0.3) is 0 Å². The van der Waals surface area contributed by atoms with Gasteiger partial charge in [-0.3, -0.25) is 4.99 Å². The van der Waals surface area contributed by atoms with Gasteiger partial charge in [-0.25, -0.2) is 8.42 Å². The van der Waals surface area contributed by atoms with E-state index in [1.165, 1.54) is 0 Å². The van der Waals surface area contributed by atoms with E-state index in [1.807, 2.05) is 36.4 Å². The first-order chi connectivity index (χ1) is 15.5. The molecule has 9 heteroatoms. The summed E-state index contributed by atoms with van der Waals surface area (Å²) in [6.45, 7) is 5.09. The lowest BCUT2D eigenvalue weighted by Crippen LogP contribution is -2.64. The molecular weight excluding hydrogens is 460 g/mol. The van der Waals surface area contributed by atoms with Crippen molar-refractivity contribution in [3.8, 4) is 5.75 Å². The van der Waals surface area contributed by atoms with E-state index in [4.69, 9.17) is 9.73 Å². The number of sulfonamides is 1. The van der Waals surface area contributed by atoms with E-state index < -0.39 is 10.0 Å². The van der Waals surface area contributed by atoms with Crippen molar-refractivity contribution in [3.05, 3.63) is 59.7 Å². The van der Waals surface area contributed by atoms with E-state index in [1.54, 1.807) is 23.5 Å². The molecule has 7 nitrogen and oxygen atoms in total. The monoisotopic (exact) mass is 492 g/mol. The maximum atomic E-state index is 13.2. The topological polar surface area (TPSA) is 83.0 Å². The van der Waals surface area contributed by atoms with Crippen LogP contribution in [0.15, 0.2) is 58.4 Å². The molecule has 33 heavy (non-hydrogen) atoms. The third kappa shape index (κ3) is 5.35. The number of benzene rings is 2. The Kier molecular flexibility index (Phi) is 8.39. The molecule has 0 aliphatic carbocycles. The quantitative estimate of drug-likeness (QED) is 0.647. The van der Waals surface area contributed by atoms with Crippen molar-refractivity contribution < 1.29 is 13.2 Å². The smallest absolute Gasteiger partial charge is 0.243 e. The Morgan fingerprint density at radius 2 is 1.82 bits per heavy atom. The molecule has 2 aliphatic rings. The molecule has 0 radical (unpaired) electrons. The molecule has 2 aromatic carbocycles. The number of piperidine rings is 1. The van der Waals surface area contributed by atoms with Crippen LogP contribution in [0.4, 0.5) is 0 Å². The molecule has 0 amide bonds. The molecule has 1 fully saturated rings. The van der Waals surface area contributed by atoms with Crippen molar-refractivity contribution in [2.24, 2.45) is 4.99 Å². The fraction of sp³-hybridized carbons (Fsp3) is 0.458. The van der Waals surface area contributed by atoms with E-state index in [0.29, 0.717) is 43.9 Å². The Morgan fingerprint density at radius 3 is 2.48 bits per heavy atom. The summed E-state index contributed by atoms with van der Waals surface area (Å²) >= 11 is 0. The van der Waals surface area contributed by atoms with Crippen molar-refractivity contribution >= 4 is 28.3 Å². The van der Waals surface area contributed by atoms with Crippen LogP contribution in [-0.4, -0.2) is 57.4 Å². The summed E-state index contributed by atoms with van der Waals surface area (Å²) in [7, 11) is -1.82. The molecule has 4 rings (SSSR count). The van der Waals surface area contributed by atoms with Crippen LogP contribution in [0.25, 0.3) is 0 Å². The maximum Gasteiger partial charge on any atom is 0.243 e. The number of amidine groups is 1. The number of nitrogens with one attached hydrogen (secondary N) is 2. The van der Waals surface area contributed by atoms with Gasteiger partial charge in [-0.05, 0) is 43.0 Å². The molecule has 2 heterocycles. The molecular formula is C24H33ClN4O3S. The van der Waals surface area contributed by atoms with E-state index >= 15 is 0 Å². The molecule has 1 spiro atoms. The minimum Gasteiger partial charge on any atom is -0.496 e. The zero-order valence-corrected chi connectivity index (χ0v) is 20.8. The molecule has 0 unspecified atom stereocenters. The number of ether oxygens (including phenoxy) is 1. The fourth-order valence-corrected chi connectivity index (χ4v) is 5.96. The van der Waals surface area contributed by atoms with Crippen LogP contribution in [-0.2, 0) is 23.0 Å². The SMILES string of the molecule is CCc1ccc(S(=O)(=O)N2CCC3(CC2)NCCN=C3NCc2ccccc2OC)cc1.Cl. The van der Waals surface area contributed by atoms with Crippen LogP contribution in [0.2, 0.25) is 0 Å². The molecule has 0 atom stereocenters. The Morgan fingerprint density at radius 1 is 1.12 bits per heavy atom. The van der Waals surface area contributed by atoms with Crippen LogP contribution in [0.5, 0.6) is 5.75 Å². The maximum absolute atomic E-state index is 13.2. The molecule has 2 aliphatic heterocycles.